The topological polar surface area (TPSA) is 58.7 Å². The second kappa shape index (κ2) is 4.98. The number of aromatic nitrogens is 2. The first-order valence-corrected chi connectivity index (χ1v) is 6.22. The van der Waals surface area contributed by atoms with Crippen molar-refractivity contribution >= 4 is 10.9 Å². The SMILES string of the molecule is N#Cc1ccc(Cn2ncc(=O)c3ccccc32)cc1. The number of fused-ring (bicyclic) bond motifs is 1. The Balaban J connectivity index is 2.04. The van der Waals surface area contributed by atoms with Crippen LogP contribution < -0.4 is 5.43 Å². The summed E-state index contributed by atoms with van der Waals surface area (Å²) in [4.78, 5) is 11.8. The maximum Gasteiger partial charge on any atom is 0.207 e. The van der Waals surface area contributed by atoms with Crippen molar-refractivity contribution in [3.05, 3.63) is 76.1 Å². The second-order valence-corrected chi connectivity index (χ2v) is 4.49. The van der Waals surface area contributed by atoms with Crippen molar-refractivity contribution in [2.45, 2.75) is 6.54 Å². The molecule has 1 aromatic heterocycles. The summed E-state index contributed by atoms with van der Waals surface area (Å²) in [7, 11) is 0. The van der Waals surface area contributed by atoms with Crippen molar-refractivity contribution in [2.75, 3.05) is 0 Å². The minimum absolute atomic E-state index is 0.0725. The van der Waals surface area contributed by atoms with Crippen molar-refractivity contribution in [1.82, 2.24) is 9.78 Å². The van der Waals surface area contributed by atoms with Crippen LogP contribution in [0.1, 0.15) is 11.1 Å². The first-order valence-electron chi connectivity index (χ1n) is 6.22. The van der Waals surface area contributed by atoms with Crippen LogP contribution in [0.15, 0.2) is 59.5 Å². The fourth-order valence-corrected chi connectivity index (χ4v) is 2.14. The van der Waals surface area contributed by atoms with Crippen molar-refractivity contribution < 1.29 is 0 Å². The van der Waals surface area contributed by atoms with Crippen LogP contribution in [0, 0.1) is 11.3 Å². The standard InChI is InChI=1S/C16H11N3O/c17-9-12-5-7-13(8-6-12)11-19-15-4-2-1-3-14(15)16(20)10-18-19/h1-8,10H,11H2. The molecule has 0 N–H and O–H groups in total. The normalized spacial score (nSPS) is 10.3. The maximum atomic E-state index is 11.8. The average Bonchev–Trinajstić information content (AvgIpc) is 2.51. The summed E-state index contributed by atoms with van der Waals surface area (Å²) in [6, 6.07) is 16.9. The van der Waals surface area contributed by atoms with Gasteiger partial charge in [-0.05, 0) is 29.8 Å². The van der Waals surface area contributed by atoms with E-state index in [1.807, 2.05) is 30.3 Å². The van der Waals surface area contributed by atoms with Gasteiger partial charge in [-0.2, -0.15) is 10.4 Å². The van der Waals surface area contributed by atoms with E-state index in [1.165, 1.54) is 6.20 Å². The second-order valence-electron chi connectivity index (χ2n) is 4.49. The molecule has 0 aliphatic carbocycles. The molecule has 4 nitrogen and oxygen atoms in total. The third kappa shape index (κ3) is 2.17. The molecule has 0 amide bonds. The van der Waals surface area contributed by atoms with Gasteiger partial charge in [0.25, 0.3) is 0 Å². The highest BCUT2D eigenvalue weighted by Crippen LogP contribution is 2.11. The fraction of sp³-hybridized carbons (Fsp3) is 0.0625. The summed E-state index contributed by atoms with van der Waals surface area (Å²) >= 11 is 0. The molecule has 0 spiro atoms. The summed E-state index contributed by atoms with van der Waals surface area (Å²) < 4.78 is 1.79. The largest absolute Gasteiger partial charge is 0.287 e. The molecule has 0 bridgehead atoms. The van der Waals surface area contributed by atoms with Gasteiger partial charge in [0, 0.05) is 5.39 Å². The first-order chi connectivity index (χ1) is 9.78. The highest BCUT2D eigenvalue weighted by molar-refractivity contribution is 5.77. The van der Waals surface area contributed by atoms with Crippen molar-refractivity contribution in [1.29, 1.82) is 5.26 Å². The van der Waals surface area contributed by atoms with Gasteiger partial charge in [-0.25, -0.2) is 0 Å². The molecule has 0 atom stereocenters. The third-order valence-electron chi connectivity index (χ3n) is 3.18. The molecule has 20 heavy (non-hydrogen) atoms. The van der Waals surface area contributed by atoms with E-state index in [9.17, 15) is 4.79 Å². The molecule has 0 unspecified atom stereocenters. The number of nitriles is 1. The van der Waals surface area contributed by atoms with Gasteiger partial charge >= 0.3 is 0 Å². The van der Waals surface area contributed by atoms with E-state index in [4.69, 9.17) is 5.26 Å². The van der Waals surface area contributed by atoms with Crippen molar-refractivity contribution in [3.8, 4) is 6.07 Å². The summed E-state index contributed by atoms with van der Waals surface area (Å²) in [6.45, 7) is 0.562. The Kier molecular flexibility index (Phi) is 3.02. The molecular weight excluding hydrogens is 250 g/mol. The predicted octanol–water partition coefficient (Wildman–Crippen LogP) is 2.32. The average molecular weight is 261 g/mol. The lowest BCUT2D eigenvalue weighted by Gasteiger charge is -2.09. The molecule has 0 aliphatic rings. The number of hydrogen-bond donors (Lipinski definition) is 0. The Bertz CT molecular complexity index is 857. The van der Waals surface area contributed by atoms with Gasteiger partial charge in [0.1, 0.15) is 0 Å². The van der Waals surface area contributed by atoms with Gasteiger partial charge in [-0.3, -0.25) is 9.48 Å². The zero-order valence-corrected chi connectivity index (χ0v) is 10.7. The lowest BCUT2D eigenvalue weighted by molar-refractivity contribution is 0.695. The van der Waals surface area contributed by atoms with Crippen LogP contribution in [-0.4, -0.2) is 9.78 Å². The van der Waals surface area contributed by atoms with Crippen LogP contribution in [0.5, 0.6) is 0 Å². The van der Waals surface area contributed by atoms with Crippen LogP contribution in [0.25, 0.3) is 10.9 Å². The summed E-state index contributed by atoms with van der Waals surface area (Å²) in [5, 5.41) is 13.6. The number of rotatable bonds is 2. The van der Waals surface area contributed by atoms with E-state index in [2.05, 4.69) is 11.2 Å². The zero-order chi connectivity index (χ0) is 13.9. The van der Waals surface area contributed by atoms with E-state index in [1.54, 1.807) is 22.9 Å². The van der Waals surface area contributed by atoms with Crippen LogP contribution in [0.3, 0.4) is 0 Å². The molecule has 0 saturated heterocycles. The molecule has 0 saturated carbocycles. The monoisotopic (exact) mass is 261 g/mol. The molecule has 2 aromatic carbocycles. The van der Waals surface area contributed by atoms with Gasteiger partial charge in [-0.1, -0.05) is 24.3 Å². The number of hydrogen-bond acceptors (Lipinski definition) is 3. The summed E-state index contributed by atoms with van der Waals surface area (Å²) in [6.07, 6.45) is 1.34. The molecule has 0 radical (unpaired) electrons. The lowest BCUT2D eigenvalue weighted by Crippen LogP contribution is -2.12. The van der Waals surface area contributed by atoms with Gasteiger partial charge < -0.3 is 0 Å². The number of nitrogens with zero attached hydrogens (tertiary/aromatic N) is 3. The zero-order valence-electron chi connectivity index (χ0n) is 10.7. The molecular formula is C16H11N3O. The highest BCUT2D eigenvalue weighted by atomic mass is 16.1. The van der Waals surface area contributed by atoms with E-state index < -0.39 is 0 Å². The quantitative estimate of drug-likeness (QED) is 0.711. The predicted molar refractivity (Wildman–Crippen MR) is 76.3 cm³/mol. The molecule has 3 rings (SSSR count). The minimum atomic E-state index is -0.0725. The van der Waals surface area contributed by atoms with E-state index in [-0.39, 0.29) is 5.43 Å². The van der Waals surface area contributed by atoms with Crippen LogP contribution >= 0.6 is 0 Å². The van der Waals surface area contributed by atoms with Crippen molar-refractivity contribution in [3.63, 3.8) is 0 Å². The summed E-state index contributed by atoms with van der Waals surface area (Å²) in [5.74, 6) is 0. The van der Waals surface area contributed by atoms with E-state index in [0.717, 1.165) is 11.1 Å². The lowest BCUT2D eigenvalue weighted by atomic mass is 10.1. The molecule has 0 aliphatic heterocycles. The van der Waals surface area contributed by atoms with Gasteiger partial charge in [-0.15, -0.1) is 0 Å². The van der Waals surface area contributed by atoms with E-state index >= 15 is 0 Å². The minimum Gasteiger partial charge on any atom is -0.287 e. The Morgan fingerprint density at radius 2 is 1.85 bits per heavy atom. The molecule has 3 aromatic rings. The fourth-order valence-electron chi connectivity index (χ4n) is 2.14. The Hall–Kier alpha value is -2.93. The van der Waals surface area contributed by atoms with Gasteiger partial charge in [0.15, 0.2) is 0 Å². The first kappa shape index (κ1) is 12.1. The molecule has 96 valence electrons. The third-order valence-corrected chi connectivity index (χ3v) is 3.18. The number of benzene rings is 2. The Morgan fingerprint density at radius 1 is 1.10 bits per heavy atom. The number of para-hydroxylation sites is 1. The Morgan fingerprint density at radius 3 is 2.60 bits per heavy atom. The van der Waals surface area contributed by atoms with Crippen LogP contribution in [-0.2, 0) is 6.54 Å². The van der Waals surface area contributed by atoms with E-state index in [0.29, 0.717) is 17.5 Å². The van der Waals surface area contributed by atoms with Crippen LogP contribution in [0.2, 0.25) is 0 Å². The van der Waals surface area contributed by atoms with Gasteiger partial charge in [0.2, 0.25) is 5.43 Å². The van der Waals surface area contributed by atoms with Crippen molar-refractivity contribution in [2.24, 2.45) is 0 Å². The van der Waals surface area contributed by atoms with Gasteiger partial charge in [0.05, 0.1) is 29.9 Å². The maximum absolute atomic E-state index is 11.8. The Labute approximate surface area is 115 Å². The molecule has 4 heteroatoms. The molecule has 1 heterocycles. The van der Waals surface area contributed by atoms with Crippen LogP contribution in [0.4, 0.5) is 0 Å². The highest BCUT2D eigenvalue weighted by Gasteiger charge is 2.04. The molecule has 0 fully saturated rings. The summed E-state index contributed by atoms with van der Waals surface area (Å²) in [5.41, 5.74) is 2.40. The smallest absolute Gasteiger partial charge is 0.207 e.